The van der Waals surface area contributed by atoms with Gasteiger partial charge in [-0.1, -0.05) is 12.1 Å². The molecule has 0 fully saturated rings. The minimum Gasteiger partial charge on any atom is -0.398 e. The van der Waals surface area contributed by atoms with Gasteiger partial charge in [0.05, 0.1) is 5.69 Å². The van der Waals surface area contributed by atoms with Crippen LogP contribution in [0.4, 0.5) is 17.3 Å². The molecule has 2 heterocycles. The zero-order valence-corrected chi connectivity index (χ0v) is 12.0. The Morgan fingerprint density at radius 1 is 1.23 bits per heavy atom. The van der Waals surface area contributed by atoms with Gasteiger partial charge >= 0.3 is 0 Å². The standard InChI is InChI=1S/C16H15N5O/c1-9-11(3-2-4-13(9)17)14-5-10-6-15(20-8-22)19-7-12(10)16(18)21-14/h2-8H,17H2,1H3,(H2,18,21)(H,19,20,22). The van der Waals surface area contributed by atoms with E-state index in [4.69, 9.17) is 11.5 Å². The molecule has 0 radical (unpaired) electrons. The first-order valence-corrected chi connectivity index (χ1v) is 6.72. The Balaban J connectivity index is 2.22. The van der Waals surface area contributed by atoms with Gasteiger partial charge in [0, 0.05) is 22.8 Å². The van der Waals surface area contributed by atoms with E-state index >= 15 is 0 Å². The molecule has 2 aromatic heterocycles. The van der Waals surface area contributed by atoms with Gasteiger partial charge in [-0.25, -0.2) is 9.97 Å². The number of carbonyl (C=O) groups excluding carboxylic acids is 1. The SMILES string of the molecule is Cc1c(N)cccc1-c1cc2cc(NC=O)ncc2c(N)n1. The molecule has 0 saturated carbocycles. The Labute approximate surface area is 127 Å². The summed E-state index contributed by atoms with van der Waals surface area (Å²) in [5.74, 6) is 0.850. The first-order valence-electron chi connectivity index (χ1n) is 6.72. The molecule has 5 N–H and O–H groups in total. The van der Waals surface area contributed by atoms with Crippen molar-refractivity contribution in [3.05, 3.63) is 42.1 Å². The molecule has 0 aliphatic carbocycles. The zero-order chi connectivity index (χ0) is 15.7. The molecule has 22 heavy (non-hydrogen) atoms. The first kappa shape index (κ1) is 13.8. The maximum absolute atomic E-state index is 10.5. The third kappa shape index (κ3) is 2.31. The number of nitrogen functional groups attached to an aromatic ring is 2. The number of aromatic nitrogens is 2. The van der Waals surface area contributed by atoms with Crippen molar-refractivity contribution in [3.63, 3.8) is 0 Å². The smallest absolute Gasteiger partial charge is 0.212 e. The zero-order valence-electron chi connectivity index (χ0n) is 12.0. The van der Waals surface area contributed by atoms with Crippen LogP contribution in [0.15, 0.2) is 36.5 Å². The lowest BCUT2D eigenvalue weighted by Gasteiger charge is -2.11. The second kappa shape index (κ2) is 5.33. The van der Waals surface area contributed by atoms with Crippen LogP contribution in [0, 0.1) is 6.92 Å². The van der Waals surface area contributed by atoms with Crippen molar-refractivity contribution in [3.8, 4) is 11.3 Å². The lowest BCUT2D eigenvalue weighted by atomic mass is 10.0. The van der Waals surface area contributed by atoms with Crippen LogP contribution in [-0.2, 0) is 4.79 Å². The predicted octanol–water partition coefficient (Wildman–Crippen LogP) is 2.34. The van der Waals surface area contributed by atoms with E-state index in [1.165, 1.54) is 0 Å². The van der Waals surface area contributed by atoms with Gasteiger partial charge in [-0.15, -0.1) is 0 Å². The maximum atomic E-state index is 10.5. The molecule has 110 valence electrons. The topological polar surface area (TPSA) is 107 Å². The van der Waals surface area contributed by atoms with Crippen molar-refractivity contribution < 1.29 is 4.79 Å². The molecule has 1 aromatic carbocycles. The summed E-state index contributed by atoms with van der Waals surface area (Å²) in [4.78, 5) is 19.1. The second-order valence-electron chi connectivity index (χ2n) is 4.97. The van der Waals surface area contributed by atoms with Gasteiger partial charge < -0.3 is 16.8 Å². The summed E-state index contributed by atoms with van der Waals surface area (Å²) in [6.45, 7) is 1.94. The van der Waals surface area contributed by atoms with Crippen LogP contribution >= 0.6 is 0 Å². The van der Waals surface area contributed by atoms with Crippen LogP contribution in [0.3, 0.4) is 0 Å². The molecule has 6 heteroatoms. The van der Waals surface area contributed by atoms with E-state index < -0.39 is 0 Å². The largest absolute Gasteiger partial charge is 0.398 e. The van der Waals surface area contributed by atoms with Crippen molar-refractivity contribution in [2.24, 2.45) is 0 Å². The van der Waals surface area contributed by atoms with Crippen LogP contribution < -0.4 is 16.8 Å². The minimum absolute atomic E-state index is 0.388. The number of rotatable bonds is 3. The van der Waals surface area contributed by atoms with Crippen LogP contribution in [-0.4, -0.2) is 16.4 Å². The highest BCUT2D eigenvalue weighted by atomic mass is 16.1. The number of hydrogen-bond donors (Lipinski definition) is 3. The Kier molecular flexibility index (Phi) is 3.34. The van der Waals surface area contributed by atoms with Crippen molar-refractivity contribution in [1.29, 1.82) is 0 Å². The molecule has 0 unspecified atom stereocenters. The lowest BCUT2D eigenvalue weighted by molar-refractivity contribution is -0.105. The van der Waals surface area contributed by atoms with E-state index in [2.05, 4.69) is 15.3 Å². The average Bonchev–Trinajstić information content (AvgIpc) is 2.50. The van der Waals surface area contributed by atoms with Crippen molar-refractivity contribution in [1.82, 2.24) is 9.97 Å². The summed E-state index contributed by atoms with van der Waals surface area (Å²) >= 11 is 0. The molecule has 3 aromatic rings. The Morgan fingerprint density at radius 3 is 2.82 bits per heavy atom. The second-order valence-corrected chi connectivity index (χ2v) is 4.97. The first-order chi connectivity index (χ1) is 10.6. The van der Waals surface area contributed by atoms with Crippen molar-refractivity contribution in [2.45, 2.75) is 6.92 Å². The van der Waals surface area contributed by atoms with Gasteiger partial charge in [-0.2, -0.15) is 0 Å². The Bertz CT molecular complexity index is 876. The number of pyridine rings is 2. The van der Waals surface area contributed by atoms with Gasteiger partial charge in [0.25, 0.3) is 0 Å². The fourth-order valence-electron chi connectivity index (χ4n) is 2.38. The monoisotopic (exact) mass is 293 g/mol. The van der Waals surface area contributed by atoms with Gasteiger partial charge in [0.15, 0.2) is 0 Å². The molecule has 0 spiro atoms. The summed E-state index contributed by atoms with van der Waals surface area (Å²) in [5.41, 5.74) is 15.3. The van der Waals surface area contributed by atoms with E-state index in [9.17, 15) is 4.79 Å². The summed E-state index contributed by atoms with van der Waals surface area (Å²) in [5, 5.41) is 4.11. The summed E-state index contributed by atoms with van der Waals surface area (Å²) < 4.78 is 0. The van der Waals surface area contributed by atoms with Gasteiger partial charge in [-0.3, -0.25) is 4.79 Å². The molecule has 0 aliphatic heterocycles. The number of hydrogen-bond acceptors (Lipinski definition) is 5. The maximum Gasteiger partial charge on any atom is 0.212 e. The fourth-order valence-corrected chi connectivity index (χ4v) is 2.38. The van der Waals surface area contributed by atoms with E-state index in [1.807, 2.05) is 31.2 Å². The number of amides is 1. The molecule has 0 bridgehead atoms. The van der Waals surface area contributed by atoms with Crippen molar-refractivity contribution >= 4 is 34.5 Å². The number of fused-ring (bicyclic) bond motifs is 1. The summed E-state index contributed by atoms with van der Waals surface area (Å²) in [6, 6.07) is 9.34. The normalized spacial score (nSPS) is 10.6. The lowest BCUT2D eigenvalue weighted by Crippen LogP contribution is -2.00. The average molecular weight is 293 g/mol. The Hall–Kier alpha value is -3.15. The van der Waals surface area contributed by atoms with Gasteiger partial charge in [0.2, 0.25) is 6.41 Å². The Morgan fingerprint density at radius 2 is 2.05 bits per heavy atom. The van der Waals surface area contributed by atoms with Crippen LogP contribution in [0.25, 0.3) is 22.0 Å². The van der Waals surface area contributed by atoms with Crippen LogP contribution in [0.1, 0.15) is 5.56 Å². The number of carbonyl (C=O) groups is 1. The van der Waals surface area contributed by atoms with Crippen LogP contribution in [0.5, 0.6) is 0 Å². The third-order valence-corrected chi connectivity index (χ3v) is 3.60. The number of nitrogens with one attached hydrogen (secondary N) is 1. The molecule has 3 rings (SSSR count). The molecule has 0 saturated heterocycles. The van der Waals surface area contributed by atoms with E-state index in [0.717, 1.165) is 27.6 Å². The highest BCUT2D eigenvalue weighted by molar-refractivity contribution is 5.95. The van der Waals surface area contributed by atoms with E-state index in [0.29, 0.717) is 23.7 Å². The third-order valence-electron chi connectivity index (χ3n) is 3.60. The van der Waals surface area contributed by atoms with Gasteiger partial charge in [-0.05, 0) is 36.1 Å². The fraction of sp³-hybridized carbons (Fsp3) is 0.0625. The van der Waals surface area contributed by atoms with E-state index in [1.54, 1.807) is 12.3 Å². The number of nitrogens with two attached hydrogens (primary N) is 2. The molecule has 6 nitrogen and oxygen atoms in total. The van der Waals surface area contributed by atoms with Crippen molar-refractivity contribution in [2.75, 3.05) is 16.8 Å². The molecule has 1 amide bonds. The highest BCUT2D eigenvalue weighted by Gasteiger charge is 2.10. The number of anilines is 3. The van der Waals surface area contributed by atoms with E-state index in [-0.39, 0.29) is 0 Å². The summed E-state index contributed by atoms with van der Waals surface area (Å²) in [7, 11) is 0. The molecule has 0 aliphatic rings. The number of nitrogens with zero attached hydrogens (tertiary/aromatic N) is 2. The predicted molar refractivity (Wildman–Crippen MR) is 88.2 cm³/mol. The highest BCUT2D eigenvalue weighted by Crippen LogP contribution is 2.30. The molecular formula is C16H15N5O. The van der Waals surface area contributed by atoms with Crippen LogP contribution in [0.2, 0.25) is 0 Å². The summed E-state index contributed by atoms with van der Waals surface area (Å²) in [6.07, 6.45) is 2.18. The minimum atomic E-state index is 0.388. The quantitative estimate of drug-likeness (QED) is 0.507. The van der Waals surface area contributed by atoms with Gasteiger partial charge in [0.1, 0.15) is 11.6 Å². The number of benzene rings is 1. The molecule has 0 atom stereocenters. The molecular weight excluding hydrogens is 278 g/mol.